The highest BCUT2D eigenvalue weighted by atomic mass is 16.6. The highest BCUT2D eigenvalue weighted by Crippen LogP contribution is 2.07. The van der Waals surface area contributed by atoms with Gasteiger partial charge in [-0.1, -0.05) is 0 Å². The first-order valence-electron chi connectivity index (χ1n) is 5.39. The van der Waals surface area contributed by atoms with E-state index in [4.69, 9.17) is 0 Å². The Morgan fingerprint density at radius 1 is 1.28 bits per heavy atom. The van der Waals surface area contributed by atoms with Crippen LogP contribution in [0.15, 0.2) is 15.7 Å². The first-order valence-corrected chi connectivity index (χ1v) is 5.39. The van der Waals surface area contributed by atoms with E-state index in [1.165, 1.54) is 0 Å². The monoisotopic (exact) mass is 253 g/mol. The van der Waals surface area contributed by atoms with Crippen LogP contribution < -0.4 is 16.6 Å². The molecule has 0 saturated carbocycles. The van der Waals surface area contributed by atoms with Gasteiger partial charge in [0.15, 0.2) is 0 Å². The van der Waals surface area contributed by atoms with Crippen LogP contribution >= 0.6 is 0 Å². The molecule has 1 aliphatic rings. The standard InChI is InChI=1S/C10H11N3O5/c14-7-4-6(12-10(17)13-7)9(16)18-8(15)5-2-1-3-11-5/h4-5,11H,1-3H2,(H2,12,13,14,17)/t5-/m0/s1. The van der Waals surface area contributed by atoms with E-state index in [1.54, 1.807) is 0 Å². The van der Waals surface area contributed by atoms with Crippen LogP contribution in [-0.4, -0.2) is 34.5 Å². The molecule has 1 saturated heterocycles. The molecule has 1 aromatic heterocycles. The normalized spacial score (nSPS) is 18.6. The van der Waals surface area contributed by atoms with Crippen LogP contribution in [0, 0.1) is 0 Å². The maximum Gasteiger partial charge on any atom is 0.362 e. The van der Waals surface area contributed by atoms with Gasteiger partial charge in [-0.2, -0.15) is 0 Å². The summed E-state index contributed by atoms with van der Waals surface area (Å²) in [6.07, 6.45) is 1.42. The molecule has 8 nitrogen and oxygen atoms in total. The Morgan fingerprint density at radius 3 is 2.67 bits per heavy atom. The van der Waals surface area contributed by atoms with E-state index in [1.807, 2.05) is 4.98 Å². The number of H-pyrrole nitrogens is 2. The van der Waals surface area contributed by atoms with Crippen LogP contribution in [-0.2, 0) is 9.53 Å². The SMILES string of the molecule is O=C(OC(=O)[C@@H]1CCCN1)c1cc(=O)[nH]c(=O)[nH]1. The number of rotatable bonds is 2. The molecule has 0 aliphatic carbocycles. The Bertz CT molecular complexity index is 553. The summed E-state index contributed by atoms with van der Waals surface area (Å²) in [6.45, 7) is 0.690. The summed E-state index contributed by atoms with van der Waals surface area (Å²) < 4.78 is 4.57. The summed E-state index contributed by atoms with van der Waals surface area (Å²) in [5.41, 5.74) is -1.92. The molecule has 96 valence electrons. The van der Waals surface area contributed by atoms with E-state index < -0.39 is 29.2 Å². The zero-order chi connectivity index (χ0) is 13.1. The minimum atomic E-state index is -1.04. The predicted octanol–water partition coefficient (Wildman–Crippen LogP) is -1.50. The van der Waals surface area contributed by atoms with Crippen molar-refractivity contribution in [3.05, 3.63) is 32.6 Å². The molecule has 18 heavy (non-hydrogen) atoms. The smallest absolute Gasteiger partial charge is 0.362 e. The quantitative estimate of drug-likeness (QED) is 0.435. The van der Waals surface area contributed by atoms with Crippen molar-refractivity contribution in [3.63, 3.8) is 0 Å². The number of esters is 2. The molecular weight excluding hydrogens is 242 g/mol. The molecule has 1 aromatic rings. The van der Waals surface area contributed by atoms with Gasteiger partial charge in [-0.05, 0) is 19.4 Å². The number of hydrogen-bond acceptors (Lipinski definition) is 6. The van der Waals surface area contributed by atoms with Gasteiger partial charge in [0, 0.05) is 6.07 Å². The third-order valence-corrected chi connectivity index (χ3v) is 2.52. The van der Waals surface area contributed by atoms with E-state index in [0.717, 1.165) is 12.5 Å². The molecule has 0 radical (unpaired) electrons. The fraction of sp³-hybridized carbons (Fsp3) is 0.400. The van der Waals surface area contributed by atoms with Crippen molar-refractivity contribution >= 4 is 11.9 Å². The maximum absolute atomic E-state index is 11.5. The van der Waals surface area contributed by atoms with Crippen LogP contribution in [0.3, 0.4) is 0 Å². The molecule has 2 rings (SSSR count). The van der Waals surface area contributed by atoms with E-state index in [-0.39, 0.29) is 5.69 Å². The molecule has 0 unspecified atom stereocenters. The van der Waals surface area contributed by atoms with Gasteiger partial charge in [0.1, 0.15) is 11.7 Å². The van der Waals surface area contributed by atoms with Gasteiger partial charge in [0.25, 0.3) is 5.56 Å². The summed E-state index contributed by atoms with van der Waals surface area (Å²) in [5.74, 6) is -1.75. The highest BCUT2D eigenvalue weighted by molar-refractivity contribution is 5.96. The third-order valence-electron chi connectivity index (χ3n) is 2.52. The second-order valence-electron chi connectivity index (χ2n) is 3.86. The second kappa shape index (κ2) is 4.96. The Morgan fingerprint density at radius 2 is 2.06 bits per heavy atom. The summed E-state index contributed by atoms with van der Waals surface area (Å²) in [4.78, 5) is 48.9. The second-order valence-corrected chi connectivity index (χ2v) is 3.86. The average molecular weight is 253 g/mol. The largest absolute Gasteiger partial charge is 0.387 e. The summed E-state index contributed by atoms with van der Waals surface area (Å²) in [6, 6.07) is 0.349. The number of carbonyl (C=O) groups excluding carboxylic acids is 2. The number of aromatic amines is 2. The molecule has 1 atom stereocenters. The molecular formula is C10H11N3O5. The van der Waals surface area contributed by atoms with Gasteiger partial charge < -0.3 is 15.0 Å². The van der Waals surface area contributed by atoms with Gasteiger partial charge in [0.2, 0.25) is 0 Å². The van der Waals surface area contributed by atoms with E-state index in [2.05, 4.69) is 15.0 Å². The lowest BCUT2D eigenvalue weighted by atomic mass is 10.2. The van der Waals surface area contributed by atoms with Crippen LogP contribution in [0.1, 0.15) is 23.3 Å². The minimum Gasteiger partial charge on any atom is -0.387 e. The van der Waals surface area contributed by atoms with Crippen molar-refractivity contribution < 1.29 is 14.3 Å². The van der Waals surface area contributed by atoms with Crippen LogP contribution in [0.4, 0.5) is 0 Å². The van der Waals surface area contributed by atoms with Gasteiger partial charge in [-0.3, -0.25) is 9.78 Å². The number of carbonyl (C=O) groups is 2. The Kier molecular flexibility index (Phi) is 3.38. The van der Waals surface area contributed by atoms with Crippen molar-refractivity contribution in [1.82, 2.24) is 15.3 Å². The fourth-order valence-corrected chi connectivity index (χ4v) is 1.68. The topological polar surface area (TPSA) is 121 Å². The van der Waals surface area contributed by atoms with Crippen LogP contribution in [0.2, 0.25) is 0 Å². The fourth-order valence-electron chi connectivity index (χ4n) is 1.68. The van der Waals surface area contributed by atoms with Crippen molar-refractivity contribution in [1.29, 1.82) is 0 Å². The van der Waals surface area contributed by atoms with E-state index in [0.29, 0.717) is 13.0 Å². The van der Waals surface area contributed by atoms with Crippen LogP contribution in [0.25, 0.3) is 0 Å². The first kappa shape index (κ1) is 12.2. The Balaban J connectivity index is 2.09. The average Bonchev–Trinajstić information content (AvgIpc) is 2.80. The zero-order valence-electron chi connectivity index (χ0n) is 9.32. The molecule has 2 heterocycles. The Hall–Kier alpha value is -2.22. The zero-order valence-corrected chi connectivity index (χ0v) is 9.32. The Labute approximate surface area is 100 Å². The molecule has 0 amide bonds. The summed E-state index contributed by atoms with van der Waals surface area (Å²) in [7, 11) is 0. The lowest BCUT2D eigenvalue weighted by Gasteiger charge is -2.08. The molecule has 8 heteroatoms. The molecule has 1 fully saturated rings. The van der Waals surface area contributed by atoms with Gasteiger partial charge in [0.05, 0.1) is 0 Å². The molecule has 1 aliphatic heterocycles. The number of ether oxygens (including phenoxy) is 1. The van der Waals surface area contributed by atoms with Crippen molar-refractivity contribution in [2.45, 2.75) is 18.9 Å². The summed E-state index contributed by atoms with van der Waals surface area (Å²) >= 11 is 0. The molecule has 0 aromatic carbocycles. The third kappa shape index (κ3) is 2.72. The number of aromatic nitrogens is 2. The molecule has 3 N–H and O–H groups in total. The van der Waals surface area contributed by atoms with Crippen molar-refractivity contribution in [2.75, 3.05) is 6.54 Å². The van der Waals surface area contributed by atoms with Crippen LogP contribution in [0.5, 0.6) is 0 Å². The highest BCUT2D eigenvalue weighted by Gasteiger charge is 2.26. The van der Waals surface area contributed by atoms with E-state index >= 15 is 0 Å². The van der Waals surface area contributed by atoms with Crippen molar-refractivity contribution in [3.8, 4) is 0 Å². The summed E-state index contributed by atoms with van der Waals surface area (Å²) in [5, 5.41) is 2.87. The van der Waals surface area contributed by atoms with Crippen molar-refractivity contribution in [2.24, 2.45) is 0 Å². The van der Waals surface area contributed by atoms with Gasteiger partial charge >= 0.3 is 17.6 Å². The van der Waals surface area contributed by atoms with Gasteiger partial charge in [-0.25, -0.2) is 14.4 Å². The number of nitrogens with one attached hydrogen (secondary N) is 3. The maximum atomic E-state index is 11.5. The van der Waals surface area contributed by atoms with Gasteiger partial charge in [-0.15, -0.1) is 0 Å². The lowest BCUT2D eigenvalue weighted by Crippen LogP contribution is -2.34. The van der Waals surface area contributed by atoms with E-state index in [9.17, 15) is 19.2 Å². The number of hydrogen-bond donors (Lipinski definition) is 3. The predicted molar refractivity (Wildman–Crippen MR) is 59.1 cm³/mol. The molecule has 0 bridgehead atoms. The first-order chi connectivity index (χ1) is 8.56. The lowest BCUT2D eigenvalue weighted by molar-refractivity contribution is -0.140. The molecule has 0 spiro atoms. The minimum absolute atomic E-state index is 0.352.